The molecule has 0 aromatic heterocycles. The maximum atomic E-state index is 5.65. The summed E-state index contributed by atoms with van der Waals surface area (Å²) in [5.74, 6) is 3.47. The molecule has 16 heavy (non-hydrogen) atoms. The molecule has 0 saturated carbocycles. The van der Waals surface area contributed by atoms with Gasteiger partial charge in [0.25, 0.3) is 0 Å². The van der Waals surface area contributed by atoms with Gasteiger partial charge in [0, 0.05) is 22.8 Å². The Bertz CT molecular complexity index is 329. The van der Waals surface area contributed by atoms with Gasteiger partial charge in [-0.1, -0.05) is 22.0 Å². The van der Waals surface area contributed by atoms with Crippen LogP contribution >= 0.6 is 27.7 Å². The van der Waals surface area contributed by atoms with Crippen molar-refractivity contribution < 1.29 is 4.74 Å². The van der Waals surface area contributed by atoms with E-state index in [1.54, 1.807) is 0 Å². The van der Waals surface area contributed by atoms with Gasteiger partial charge >= 0.3 is 0 Å². The van der Waals surface area contributed by atoms with E-state index in [0.717, 1.165) is 23.4 Å². The molecule has 88 valence electrons. The summed E-state index contributed by atoms with van der Waals surface area (Å²) in [6, 6.07) is 8.65. The molecule has 2 nitrogen and oxygen atoms in total. The fourth-order valence-electron chi connectivity index (χ4n) is 1.68. The largest absolute Gasteiger partial charge is 0.492 e. The summed E-state index contributed by atoms with van der Waals surface area (Å²) in [6.07, 6.45) is 1.29. The van der Waals surface area contributed by atoms with Crippen LogP contribution in [0.5, 0.6) is 5.75 Å². The molecule has 1 fully saturated rings. The first-order chi connectivity index (χ1) is 7.84. The van der Waals surface area contributed by atoms with E-state index in [1.165, 1.54) is 17.9 Å². The highest BCUT2D eigenvalue weighted by atomic mass is 79.9. The molecule has 1 unspecified atom stereocenters. The van der Waals surface area contributed by atoms with Gasteiger partial charge in [0.2, 0.25) is 0 Å². The Labute approximate surface area is 109 Å². The van der Waals surface area contributed by atoms with Crippen molar-refractivity contribution in [1.29, 1.82) is 0 Å². The first kappa shape index (κ1) is 12.3. The number of rotatable bonds is 5. The van der Waals surface area contributed by atoms with Crippen LogP contribution in [-0.4, -0.2) is 30.7 Å². The number of hydrogen-bond acceptors (Lipinski definition) is 3. The van der Waals surface area contributed by atoms with Gasteiger partial charge in [0.15, 0.2) is 0 Å². The van der Waals surface area contributed by atoms with E-state index in [4.69, 9.17) is 4.74 Å². The summed E-state index contributed by atoms with van der Waals surface area (Å²) in [5.41, 5.74) is 0. The molecule has 1 saturated heterocycles. The molecular weight excluding hydrogens is 286 g/mol. The van der Waals surface area contributed by atoms with E-state index in [2.05, 4.69) is 21.2 Å². The number of thioether (sulfide) groups is 1. The molecule has 1 atom stereocenters. The lowest BCUT2D eigenvalue weighted by Crippen LogP contribution is -2.32. The third-order valence-electron chi connectivity index (χ3n) is 2.53. The number of ether oxygens (including phenoxy) is 1. The van der Waals surface area contributed by atoms with Crippen molar-refractivity contribution in [3.8, 4) is 5.75 Å². The van der Waals surface area contributed by atoms with Crippen LogP contribution < -0.4 is 10.1 Å². The van der Waals surface area contributed by atoms with Crippen molar-refractivity contribution in [2.24, 2.45) is 0 Å². The molecule has 0 spiro atoms. The lowest BCUT2D eigenvalue weighted by molar-refractivity contribution is 0.307. The van der Waals surface area contributed by atoms with Crippen LogP contribution in [0, 0.1) is 0 Å². The molecule has 1 aliphatic rings. The predicted molar refractivity (Wildman–Crippen MR) is 73.4 cm³/mol. The summed E-state index contributed by atoms with van der Waals surface area (Å²) < 4.78 is 6.71. The van der Waals surface area contributed by atoms with Gasteiger partial charge in [-0.05, 0) is 30.4 Å². The van der Waals surface area contributed by atoms with Crippen molar-refractivity contribution >= 4 is 27.7 Å². The SMILES string of the molecule is Brc1cccc(OCCNC2CCSC2)c1. The fraction of sp³-hybridized carbons (Fsp3) is 0.500. The molecule has 1 aromatic rings. The summed E-state index contributed by atoms with van der Waals surface area (Å²) in [7, 11) is 0. The number of hydrogen-bond donors (Lipinski definition) is 1. The Morgan fingerprint density at radius 3 is 3.19 bits per heavy atom. The zero-order valence-electron chi connectivity index (χ0n) is 9.12. The normalized spacial score (nSPS) is 19.9. The minimum atomic E-state index is 0.691. The zero-order chi connectivity index (χ0) is 11.2. The van der Waals surface area contributed by atoms with Crippen molar-refractivity contribution in [2.45, 2.75) is 12.5 Å². The van der Waals surface area contributed by atoms with Crippen LogP contribution in [0.3, 0.4) is 0 Å². The summed E-state index contributed by atoms with van der Waals surface area (Å²) in [5, 5.41) is 3.51. The van der Waals surface area contributed by atoms with Gasteiger partial charge in [-0.2, -0.15) is 11.8 Å². The topological polar surface area (TPSA) is 21.3 Å². The monoisotopic (exact) mass is 301 g/mol. The first-order valence-electron chi connectivity index (χ1n) is 5.54. The van der Waals surface area contributed by atoms with Gasteiger partial charge < -0.3 is 10.1 Å². The summed E-state index contributed by atoms with van der Waals surface area (Å²) in [6.45, 7) is 1.66. The lowest BCUT2D eigenvalue weighted by atomic mass is 10.3. The molecule has 1 aromatic carbocycles. The number of nitrogens with one attached hydrogen (secondary N) is 1. The first-order valence-corrected chi connectivity index (χ1v) is 7.49. The smallest absolute Gasteiger partial charge is 0.120 e. The van der Waals surface area contributed by atoms with Crippen molar-refractivity contribution in [1.82, 2.24) is 5.32 Å². The Morgan fingerprint density at radius 1 is 1.50 bits per heavy atom. The maximum Gasteiger partial charge on any atom is 0.120 e. The predicted octanol–water partition coefficient (Wildman–Crippen LogP) is 2.92. The van der Waals surface area contributed by atoms with Crippen molar-refractivity contribution in [3.63, 3.8) is 0 Å². The third kappa shape index (κ3) is 4.00. The van der Waals surface area contributed by atoms with Gasteiger partial charge in [0.1, 0.15) is 12.4 Å². The Kier molecular flexibility index (Phi) is 5.00. The van der Waals surface area contributed by atoms with E-state index in [9.17, 15) is 0 Å². The number of halogens is 1. The van der Waals surface area contributed by atoms with Crippen LogP contribution in [0.2, 0.25) is 0 Å². The highest BCUT2D eigenvalue weighted by Gasteiger charge is 2.13. The summed E-state index contributed by atoms with van der Waals surface area (Å²) >= 11 is 5.46. The lowest BCUT2D eigenvalue weighted by Gasteiger charge is -2.11. The quantitative estimate of drug-likeness (QED) is 0.845. The van der Waals surface area contributed by atoms with Crippen LogP contribution in [0.15, 0.2) is 28.7 Å². The van der Waals surface area contributed by atoms with Crippen LogP contribution in [0.4, 0.5) is 0 Å². The molecule has 0 aliphatic carbocycles. The molecule has 1 N–H and O–H groups in total. The Balaban J connectivity index is 1.64. The molecule has 0 radical (unpaired) electrons. The molecule has 2 rings (SSSR count). The van der Waals surface area contributed by atoms with E-state index < -0.39 is 0 Å². The fourth-order valence-corrected chi connectivity index (χ4v) is 3.25. The van der Waals surface area contributed by atoms with Gasteiger partial charge in [0.05, 0.1) is 0 Å². The van der Waals surface area contributed by atoms with Gasteiger partial charge in [-0.15, -0.1) is 0 Å². The average Bonchev–Trinajstić information content (AvgIpc) is 2.77. The second kappa shape index (κ2) is 6.52. The summed E-state index contributed by atoms with van der Waals surface area (Å²) in [4.78, 5) is 0. The van der Waals surface area contributed by atoms with E-state index in [-0.39, 0.29) is 0 Å². The maximum absolute atomic E-state index is 5.65. The minimum Gasteiger partial charge on any atom is -0.492 e. The highest BCUT2D eigenvalue weighted by molar-refractivity contribution is 9.10. The van der Waals surface area contributed by atoms with Crippen molar-refractivity contribution in [2.75, 3.05) is 24.7 Å². The van der Waals surface area contributed by atoms with E-state index >= 15 is 0 Å². The second-order valence-electron chi connectivity index (χ2n) is 3.82. The molecule has 0 bridgehead atoms. The van der Waals surface area contributed by atoms with Crippen LogP contribution in [0.1, 0.15) is 6.42 Å². The number of benzene rings is 1. The Morgan fingerprint density at radius 2 is 2.44 bits per heavy atom. The molecule has 0 amide bonds. The second-order valence-corrected chi connectivity index (χ2v) is 5.89. The standard InChI is InChI=1S/C12H16BrNOS/c13-10-2-1-3-12(8-10)15-6-5-14-11-4-7-16-9-11/h1-3,8,11,14H,4-7,9H2. The average molecular weight is 302 g/mol. The van der Waals surface area contributed by atoms with E-state index in [1.807, 2.05) is 36.0 Å². The molecular formula is C12H16BrNOS. The molecule has 4 heteroatoms. The van der Waals surface area contributed by atoms with Gasteiger partial charge in [-0.25, -0.2) is 0 Å². The third-order valence-corrected chi connectivity index (χ3v) is 4.19. The molecule has 1 heterocycles. The van der Waals surface area contributed by atoms with Gasteiger partial charge in [-0.3, -0.25) is 0 Å². The molecule has 1 aliphatic heterocycles. The van der Waals surface area contributed by atoms with E-state index in [0.29, 0.717) is 6.04 Å². The van der Waals surface area contributed by atoms with Crippen LogP contribution in [-0.2, 0) is 0 Å². The highest BCUT2D eigenvalue weighted by Crippen LogP contribution is 2.18. The minimum absolute atomic E-state index is 0.691. The van der Waals surface area contributed by atoms with Crippen LogP contribution in [0.25, 0.3) is 0 Å². The van der Waals surface area contributed by atoms with Crippen molar-refractivity contribution in [3.05, 3.63) is 28.7 Å². The Hall–Kier alpha value is -0.190. The zero-order valence-corrected chi connectivity index (χ0v) is 11.5.